The molecule has 2 aromatic rings. The normalized spacial score (nSPS) is 26.3. The molecule has 1 saturated heterocycles. The Bertz CT molecular complexity index is 1100. The highest BCUT2D eigenvalue weighted by Gasteiger charge is 2.65. The number of aliphatic hydroxyl groups excluding tert-OH is 2. The average molecular weight is 504 g/mol. The van der Waals surface area contributed by atoms with Gasteiger partial charge >= 0.3 is 6.18 Å². The Morgan fingerprint density at radius 3 is 2.49 bits per heavy atom. The lowest BCUT2D eigenvalue weighted by Gasteiger charge is -2.32. The third kappa shape index (κ3) is 4.82. The van der Waals surface area contributed by atoms with Gasteiger partial charge in [-0.25, -0.2) is 4.39 Å². The Balaban J connectivity index is 2.04. The predicted octanol–water partition coefficient (Wildman–Crippen LogP) is 3.86. The van der Waals surface area contributed by atoms with E-state index in [1.54, 1.807) is 0 Å². The zero-order valence-electron chi connectivity index (χ0n) is 19.2. The summed E-state index contributed by atoms with van der Waals surface area (Å²) < 4.78 is 80.5. The van der Waals surface area contributed by atoms with E-state index >= 15 is 0 Å². The maximum atomic E-state index is 14.4. The Labute approximate surface area is 197 Å². The number of pyridine rings is 1. The quantitative estimate of drug-likeness (QED) is 0.517. The van der Waals surface area contributed by atoms with Crippen LogP contribution >= 0.6 is 0 Å². The summed E-state index contributed by atoms with van der Waals surface area (Å²) in [6.45, 7) is 3.31. The number of carbonyl (C=O) groups is 1. The van der Waals surface area contributed by atoms with E-state index in [-0.39, 0.29) is 16.9 Å². The lowest BCUT2D eigenvalue weighted by Crippen LogP contribution is -2.47. The minimum atomic E-state index is -4.89. The van der Waals surface area contributed by atoms with E-state index in [2.05, 4.69) is 10.3 Å². The number of ether oxygens (including phenoxy) is 2. The van der Waals surface area contributed by atoms with Crippen LogP contribution in [0, 0.1) is 17.6 Å². The molecular weight excluding hydrogens is 479 g/mol. The molecule has 1 aliphatic rings. The lowest BCUT2D eigenvalue weighted by atomic mass is 9.77. The molecule has 0 spiro atoms. The summed E-state index contributed by atoms with van der Waals surface area (Å²) >= 11 is 0. The van der Waals surface area contributed by atoms with Crippen LogP contribution < -0.4 is 10.1 Å². The van der Waals surface area contributed by atoms with Crippen molar-refractivity contribution in [2.24, 2.45) is 5.92 Å². The number of hydrogen-bond donors (Lipinski definition) is 3. The first kappa shape index (κ1) is 26.8. The molecule has 0 radical (unpaired) electrons. The minimum Gasteiger partial charge on any atom is -0.493 e. The molecule has 192 valence electrons. The van der Waals surface area contributed by atoms with Crippen molar-refractivity contribution < 1.29 is 46.4 Å². The number of carbonyl (C=O) groups excluding carboxylic acids is 1. The van der Waals surface area contributed by atoms with Crippen LogP contribution in [-0.2, 0) is 9.53 Å². The minimum absolute atomic E-state index is 0.0115. The number of aromatic nitrogens is 1. The number of methoxy groups -OCH3 is 1. The average Bonchev–Trinajstić information content (AvgIpc) is 3.07. The number of nitrogens with one attached hydrogen (secondary N) is 1. The summed E-state index contributed by atoms with van der Waals surface area (Å²) in [5.41, 5.74) is -2.88. The Morgan fingerprint density at radius 1 is 1.26 bits per heavy atom. The second-order valence-electron chi connectivity index (χ2n) is 8.59. The first-order chi connectivity index (χ1) is 16.2. The van der Waals surface area contributed by atoms with Gasteiger partial charge in [-0.15, -0.1) is 0 Å². The van der Waals surface area contributed by atoms with Gasteiger partial charge in [-0.2, -0.15) is 17.6 Å². The summed E-state index contributed by atoms with van der Waals surface area (Å²) in [5.74, 6) is -7.05. The third-order valence-electron chi connectivity index (χ3n) is 6.38. The number of benzene rings is 1. The van der Waals surface area contributed by atoms with Crippen molar-refractivity contribution in [3.05, 3.63) is 53.4 Å². The lowest BCUT2D eigenvalue weighted by molar-refractivity contribution is -0.272. The van der Waals surface area contributed by atoms with Gasteiger partial charge in [0.1, 0.15) is 12.2 Å². The second kappa shape index (κ2) is 9.67. The summed E-state index contributed by atoms with van der Waals surface area (Å²) in [4.78, 5) is 17.1. The van der Waals surface area contributed by atoms with Crippen LogP contribution in [0.15, 0.2) is 30.5 Å². The van der Waals surface area contributed by atoms with Gasteiger partial charge in [0.05, 0.1) is 18.9 Å². The molecule has 1 aliphatic heterocycles. The Kier molecular flexibility index (Phi) is 7.39. The number of anilines is 1. The molecule has 1 fully saturated rings. The molecule has 35 heavy (non-hydrogen) atoms. The molecule has 1 aromatic carbocycles. The molecule has 2 heterocycles. The SMILES string of the molecule is COc1c([C@H]2[C@H](C(=O)Nc3ccnc([C@@H](O)[C@H](C)O)c3)O[C@@](C)(C(F)(F)F)[C@H]2C)ccc(F)c1F. The summed E-state index contributed by atoms with van der Waals surface area (Å²) in [6.07, 6.45) is -7.98. The van der Waals surface area contributed by atoms with E-state index in [4.69, 9.17) is 9.47 Å². The smallest absolute Gasteiger partial charge is 0.417 e. The maximum Gasteiger partial charge on any atom is 0.417 e. The van der Waals surface area contributed by atoms with Crippen molar-refractivity contribution >= 4 is 11.6 Å². The topological polar surface area (TPSA) is 101 Å². The van der Waals surface area contributed by atoms with Gasteiger partial charge in [-0.05, 0) is 32.0 Å². The fraction of sp³-hybridized carbons (Fsp3) is 0.478. The molecule has 3 N–H and O–H groups in total. The van der Waals surface area contributed by atoms with Gasteiger partial charge in [-0.1, -0.05) is 13.0 Å². The number of halogens is 5. The largest absolute Gasteiger partial charge is 0.493 e. The van der Waals surface area contributed by atoms with Crippen LogP contribution in [0.2, 0.25) is 0 Å². The molecule has 1 amide bonds. The van der Waals surface area contributed by atoms with Gasteiger partial charge in [0, 0.05) is 29.3 Å². The molecule has 12 heteroatoms. The maximum absolute atomic E-state index is 14.4. The van der Waals surface area contributed by atoms with Gasteiger partial charge in [-0.3, -0.25) is 9.78 Å². The Morgan fingerprint density at radius 2 is 1.91 bits per heavy atom. The number of amides is 1. The standard InChI is InChI=1S/C23H25F5N2O5/c1-10-16(13-5-6-14(24)17(25)19(13)34-4)20(35-22(10,3)23(26,27)28)21(33)30-12-7-8-29-15(9-12)18(32)11(2)31/h5-11,16,18,20,31-32H,1-4H3,(H,29,30,33)/t10-,11-,16-,18-,20+,22+/m0/s1. The molecule has 3 rings (SSSR count). The van der Waals surface area contributed by atoms with E-state index in [0.717, 1.165) is 26.2 Å². The van der Waals surface area contributed by atoms with E-state index in [1.807, 2.05) is 0 Å². The molecule has 0 aliphatic carbocycles. The highest BCUT2D eigenvalue weighted by atomic mass is 19.4. The predicted molar refractivity (Wildman–Crippen MR) is 114 cm³/mol. The number of nitrogens with zero attached hydrogens (tertiary/aromatic N) is 1. The van der Waals surface area contributed by atoms with Crippen molar-refractivity contribution in [2.45, 2.75) is 56.8 Å². The third-order valence-corrected chi connectivity index (χ3v) is 6.38. The van der Waals surface area contributed by atoms with Gasteiger partial charge in [0.25, 0.3) is 5.91 Å². The highest BCUT2D eigenvalue weighted by Crippen LogP contribution is 2.55. The first-order valence-corrected chi connectivity index (χ1v) is 10.6. The molecule has 7 nitrogen and oxygen atoms in total. The van der Waals surface area contributed by atoms with Crippen LogP contribution in [-0.4, -0.2) is 52.2 Å². The van der Waals surface area contributed by atoms with Crippen molar-refractivity contribution in [3.8, 4) is 5.75 Å². The number of aliphatic hydroxyl groups is 2. The highest BCUT2D eigenvalue weighted by molar-refractivity contribution is 5.95. The van der Waals surface area contributed by atoms with Crippen LogP contribution in [0.4, 0.5) is 27.6 Å². The monoisotopic (exact) mass is 504 g/mol. The molecule has 1 aromatic heterocycles. The molecular formula is C23H25F5N2O5. The van der Waals surface area contributed by atoms with Crippen LogP contribution in [0.3, 0.4) is 0 Å². The summed E-state index contributed by atoms with van der Waals surface area (Å²) in [7, 11) is 1.03. The van der Waals surface area contributed by atoms with Crippen LogP contribution in [0.5, 0.6) is 5.75 Å². The van der Waals surface area contributed by atoms with Gasteiger partial charge in [0.2, 0.25) is 5.82 Å². The van der Waals surface area contributed by atoms with E-state index in [9.17, 15) is 37.0 Å². The fourth-order valence-corrected chi connectivity index (χ4v) is 4.19. The van der Waals surface area contributed by atoms with Crippen molar-refractivity contribution in [1.82, 2.24) is 4.98 Å². The van der Waals surface area contributed by atoms with Crippen LogP contribution in [0.25, 0.3) is 0 Å². The molecule has 0 unspecified atom stereocenters. The van der Waals surface area contributed by atoms with Gasteiger partial charge in [0.15, 0.2) is 17.2 Å². The zero-order valence-corrected chi connectivity index (χ0v) is 19.2. The Hall–Kier alpha value is -2.83. The van der Waals surface area contributed by atoms with Crippen molar-refractivity contribution in [1.29, 1.82) is 0 Å². The van der Waals surface area contributed by atoms with Crippen molar-refractivity contribution in [3.63, 3.8) is 0 Å². The van der Waals surface area contributed by atoms with Gasteiger partial charge < -0.3 is 25.0 Å². The van der Waals surface area contributed by atoms with E-state index in [1.165, 1.54) is 32.2 Å². The zero-order chi connectivity index (χ0) is 26.3. The van der Waals surface area contributed by atoms with E-state index < -0.39 is 65.2 Å². The number of rotatable bonds is 6. The number of alkyl halides is 3. The van der Waals surface area contributed by atoms with E-state index in [0.29, 0.717) is 0 Å². The fourth-order valence-electron chi connectivity index (χ4n) is 4.19. The molecule has 0 bridgehead atoms. The first-order valence-electron chi connectivity index (χ1n) is 10.6. The summed E-state index contributed by atoms with van der Waals surface area (Å²) in [5, 5.41) is 22.0. The summed E-state index contributed by atoms with van der Waals surface area (Å²) in [6, 6.07) is 4.37. The molecule has 0 saturated carbocycles. The molecule has 6 atom stereocenters. The second-order valence-corrected chi connectivity index (χ2v) is 8.59. The van der Waals surface area contributed by atoms with Crippen molar-refractivity contribution in [2.75, 3.05) is 12.4 Å². The van der Waals surface area contributed by atoms with Crippen LogP contribution in [0.1, 0.15) is 44.1 Å². The number of hydrogen-bond acceptors (Lipinski definition) is 6.